The molecule has 0 bridgehead atoms. The number of carbonyl (C=O) groups excluding carboxylic acids is 4. The van der Waals surface area contributed by atoms with Crippen molar-refractivity contribution in [2.75, 3.05) is 71.0 Å². The molecule has 0 spiro atoms. The molecule has 18 nitrogen and oxygen atoms in total. The fourth-order valence-corrected chi connectivity index (χ4v) is 9.94. The third kappa shape index (κ3) is 13.6. The van der Waals surface area contributed by atoms with E-state index >= 15 is 0 Å². The van der Waals surface area contributed by atoms with E-state index in [-0.39, 0.29) is 49.6 Å². The van der Waals surface area contributed by atoms with Crippen molar-refractivity contribution in [3.05, 3.63) is 95.4 Å². The number of pyridine rings is 1. The van der Waals surface area contributed by atoms with E-state index in [1.165, 1.54) is 21.3 Å². The Hall–Kier alpha value is -5.35. The zero-order valence-corrected chi connectivity index (χ0v) is 39.7. The lowest BCUT2D eigenvalue weighted by Crippen LogP contribution is -2.58. The molecular formula is C46H61N9O9S2. The van der Waals surface area contributed by atoms with Gasteiger partial charge in [0, 0.05) is 70.3 Å². The van der Waals surface area contributed by atoms with E-state index in [9.17, 15) is 32.7 Å². The molecule has 356 valence electrons. The number of ether oxygens (including phenoxy) is 2. The van der Waals surface area contributed by atoms with Gasteiger partial charge in [0.25, 0.3) is 0 Å². The number of likely N-dealkylation sites (tertiary alicyclic amines) is 1. The van der Waals surface area contributed by atoms with Crippen LogP contribution in [0.2, 0.25) is 0 Å². The molecule has 2 aliphatic rings. The summed E-state index contributed by atoms with van der Waals surface area (Å²) in [6.45, 7) is 12.2. The highest BCUT2D eigenvalue weighted by Crippen LogP contribution is 2.30. The standard InChI is InChI=1S/C46H61N9O9S2/c1-31(34-8-10-35(11-9-34)41-32(2)49-30-65-41)50-43(58)39-25-37(56)28-55(39)44(59)42(46(3,4)5)52-40(57)29-64-24-23-63-22-21-53-17-19-54(20-18-53)66(61,62)38-14-12-36(13-15-38)51-45(60)48-27-33-7-6-16-47-26-33/h6-16,26,30-31,37,39,42,56H,17-25,27-29H2,1-5H3,(H,50,58)(H,52,57)(H2,48,51,60)/t31-,37+,39-,42+/m0/s1. The van der Waals surface area contributed by atoms with E-state index in [1.54, 1.807) is 41.9 Å². The average Bonchev–Trinajstić information content (AvgIpc) is 3.92. The normalized spacial score (nSPS) is 18.1. The fraction of sp³-hybridized carbons (Fsp3) is 0.478. The number of aryl methyl sites for hydroxylation is 1. The molecule has 0 radical (unpaired) electrons. The Labute approximate surface area is 390 Å². The number of benzene rings is 2. The molecule has 2 aromatic carbocycles. The van der Waals surface area contributed by atoms with Gasteiger partial charge in [0.2, 0.25) is 27.7 Å². The van der Waals surface area contributed by atoms with Crippen LogP contribution in [-0.2, 0) is 40.4 Å². The summed E-state index contributed by atoms with van der Waals surface area (Å²) in [7, 11) is -3.73. The lowest BCUT2D eigenvalue weighted by atomic mass is 9.85. The number of hydrogen-bond donors (Lipinski definition) is 5. The van der Waals surface area contributed by atoms with Crippen molar-refractivity contribution in [1.29, 1.82) is 0 Å². The monoisotopic (exact) mass is 947 g/mol. The number of amides is 5. The van der Waals surface area contributed by atoms with Crippen LogP contribution in [0.25, 0.3) is 10.4 Å². The number of carbonyl (C=O) groups is 4. The highest BCUT2D eigenvalue weighted by atomic mass is 32.2. The van der Waals surface area contributed by atoms with E-state index in [1.807, 2.05) is 70.5 Å². The van der Waals surface area contributed by atoms with Crippen molar-refractivity contribution in [3.63, 3.8) is 0 Å². The summed E-state index contributed by atoms with van der Waals surface area (Å²) in [6.07, 6.45) is 2.49. The molecule has 5 amide bonds. The first-order valence-corrected chi connectivity index (χ1v) is 24.3. The third-order valence-electron chi connectivity index (χ3n) is 11.5. The molecule has 4 atom stereocenters. The van der Waals surface area contributed by atoms with E-state index < -0.39 is 51.5 Å². The van der Waals surface area contributed by atoms with Gasteiger partial charge in [-0.05, 0) is 66.3 Å². The third-order valence-corrected chi connectivity index (χ3v) is 14.4. The number of hydrogen-bond acceptors (Lipinski definition) is 13. The first-order valence-electron chi connectivity index (χ1n) is 22.0. The number of aliphatic hydroxyl groups excluding tert-OH is 1. The lowest BCUT2D eigenvalue weighted by Gasteiger charge is -2.35. The van der Waals surface area contributed by atoms with Crippen molar-refractivity contribution in [1.82, 2.24) is 40.0 Å². The Balaban J connectivity index is 0.870. The van der Waals surface area contributed by atoms with Gasteiger partial charge in [-0.2, -0.15) is 4.31 Å². The second-order valence-electron chi connectivity index (χ2n) is 17.5. The molecule has 0 aliphatic carbocycles. The van der Waals surface area contributed by atoms with Gasteiger partial charge in [-0.15, -0.1) is 11.3 Å². The second kappa shape index (κ2) is 22.9. The highest BCUT2D eigenvalue weighted by molar-refractivity contribution is 7.89. The van der Waals surface area contributed by atoms with Gasteiger partial charge >= 0.3 is 6.03 Å². The second-order valence-corrected chi connectivity index (χ2v) is 20.3. The number of urea groups is 1. The summed E-state index contributed by atoms with van der Waals surface area (Å²) in [5, 5.41) is 21.9. The minimum Gasteiger partial charge on any atom is -0.391 e. The molecule has 2 aromatic heterocycles. The van der Waals surface area contributed by atoms with Crippen molar-refractivity contribution in [3.8, 4) is 10.4 Å². The fourth-order valence-electron chi connectivity index (χ4n) is 7.71. The van der Waals surface area contributed by atoms with Crippen LogP contribution in [0.1, 0.15) is 57.0 Å². The van der Waals surface area contributed by atoms with Crippen LogP contribution >= 0.6 is 11.3 Å². The number of piperazine rings is 1. The van der Waals surface area contributed by atoms with Gasteiger partial charge < -0.3 is 40.7 Å². The Bertz CT molecular complexity index is 2350. The van der Waals surface area contributed by atoms with E-state index in [0.29, 0.717) is 51.6 Å². The number of nitrogens with zero attached hydrogens (tertiary/aromatic N) is 5. The Morgan fingerprint density at radius 1 is 0.939 bits per heavy atom. The van der Waals surface area contributed by atoms with Crippen molar-refractivity contribution < 1.29 is 42.2 Å². The van der Waals surface area contributed by atoms with Crippen LogP contribution in [-0.4, -0.2) is 145 Å². The van der Waals surface area contributed by atoms with E-state index in [2.05, 4.69) is 36.1 Å². The average molecular weight is 948 g/mol. The van der Waals surface area contributed by atoms with Gasteiger partial charge in [-0.3, -0.25) is 24.3 Å². The maximum atomic E-state index is 14.0. The molecule has 6 rings (SSSR count). The molecule has 2 saturated heterocycles. The first kappa shape index (κ1) is 50.1. The van der Waals surface area contributed by atoms with E-state index in [4.69, 9.17) is 9.47 Å². The number of nitrogens with one attached hydrogen (secondary N) is 4. The lowest BCUT2D eigenvalue weighted by molar-refractivity contribution is -0.144. The summed E-state index contributed by atoms with van der Waals surface area (Å²) in [6, 6.07) is 14.9. The van der Waals surface area contributed by atoms with Gasteiger partial charge in [-0.1, -0.05) is 51.1 Å². The largest absolute Gasteiger partial charge is 0.391 e. The molecule has 2 aliphatic heterocycles. The van der Waals surface area contributed by atoms with Gasteiger partial charge in [0.05, 0.1) is 52.9 Å². The number of β-amino-alcohol motifs (C(OH)–C–C–N with tert-alkyl or cyclic N) is 1. The Morgan fingerprint density at radius 3 is 2.30 bits per heavy atom. The van der Waals surface area contributed by atoms with E-state index in [0.717, 1.165) is 27.3 Å². The molecule has 0 saturated carbocycles. The minimum absolute atomic E-state index is 0.0372. The minimum atomic E-state index is -3.73. The van der Waals surface area contributed by atoms with Gasteiger partial charge in [0.1, 0.15) is 18.7 Å². The van der Waals surface area contributed by atoms with Gasteiger partial charge in [0.15, 0.2) is 0 Å². The molecule has 4 aromatic rings. The number of aromatic nitrogens is 2. The Morgan fingerprint density at radius 2 is 1.65 bits per heavy atom. The quantitative estimate of drug-likeness (QED) is 0.0852. The van der Waals surface area contributed by atoms with Crippen LogP contribution in [0.3, 0.4) is 0 Å². The molecule has 0 unspecified atom stereocenters. The van der Waals surface area contributed by atoms with Crippen molar-refractivity contribution >= 4 is 50.8 Å². The zero-order valence-electron chi connectivity index (χ0n) is 38.1. The SMILES string of the molecule is Cc1ncsc1-c1ccc([C@H](C)NC(=O)[C@@H]2C[C@@H](O)CN2C(=O)[C@@H](NC(=O)COCCOCCN2CCN(S(=O)(=O)c3ccc(NC(=O)NCc4cccnc4)cc3)CC2)C(C)(C)C)cc1. The predicted molar refractivity (Wildman–Crippen MR) is 250 cm³/mol. The molecule has 4 heterocycles. The summed E-state index contributed by atoms with van der Waals surface area (Å²) in [5.41, 5.74) is 5.27. The summed E-state index contributed by atoms with van der Waals surface area (Å²) in [4.78, 5) is 66.0. The molecule has 66 heavy (non-hydrogen) atoms. The molecule has 2 fully saturated rings. The predicted octanol–water partition coefficient (Wildman–Crippen LogP) is 3.54. The molecular weight excluding hydrogens is 887 g/mol. The smallest absolute Gasteiger partial charge is 0.319 e. The van der Waals surface area contributed by atoms with Crippen LogP contribution in [0, 0.1) is 12.3 Å². The Kier molecular flexibility index (Phi) is 17.4. The van der Waals surface area contributed by atoms with Crippen molar-refractivity contribution in [2.24, 2.45) is 5.41 Å². The summed E-state index contributed by atoms with van der Waals surface area (Å²) < 4.78 is 39.4. The number of rotatable bonds is 19. The number of sulfonamides is 1. The number of aliphatic hydroxyl groups is 1. The maximum absolute atomic E-state index is 14.0. The first-order chi connectivity index (χ1) is 31.5. The summed E-state index contributed by atoms with van der Waals surface area (Å²) in [5.74, 6) is -1.36. The molecule has 20 heteroatoms. The number of anilines is 1. The van der Waals surface area contributed by atoms with Crippen LogP contribution < -0.4 is 21.3 Å². The highest BCUT2D eigenvalue weighted by Gasteiger charge is 2.44. The zero-order chi connectivity index (χ0) is 47.4. The van der Waals surface area contributed by atoms with Crippen molar-refractivity contribution in [2.45, 2.75) is 76.7 Å². The molecule has 5 N–H and O–H groups in total. The van der Waals surface area contributed by atoms with Gasteiger partial charge in [-0.25, -0.2) is 18.2 Å². The maximum Gasteiger partial charge on any atom is 0.319 e. The van der Waals surface area contributed by atoms with Crippen LogP contribution in [0.15, 0.2) is 83.5 Å². The van der Waals surface area contributed by atoms with Crippen LogP contribution in [0.5, 0.6) is 0 Å². The topological polar surface area (TPSA) is 225 Å². The number of thiazole rings is 1. The van der Waals surface area contributed by atoms with Crippen LogP contribution in [0.4, 0.5) is 10.5 Å². The summed E-state index contributed by atoms with van der Waals surface area (Å²) >= 11 is 1.57.